The minimum absolute atomic E-state index is 0.242. The van der Waals surface area contributed by atoms with Crippen molar-refractivity contribution in [1.29, 1.82) is 0 Å². The summed E-state index contributed by atoms with van der Waals surface area (Å²) in [6.45, 7) is 1.89. The van der Waals surface area contributed by atoms with E-state index in [1.165, 1.54) is 6.07 Å². The van der Waals surface area contributed by atoms with Gasteiger partial charge in [-0.25, -0.2) is 4.39 Å². The molecule has 4 heteroatoms. The summed E-state index contributed by atoms with van der Waals surface area (Å²) in [7, 11) is 4.00. The van der Waals surface area contributed by atoms with Crippen LogP contribution in [-0.2, 0) is 6.54 Å². The Morgan fingerprint density at radius 3 is 2.43 bits per heavy atom. The lowest BCUT2D eigenvalue weighted by atomic mass is 10.0. The number of halogens is 1. The molecule has 0 atom stereocenters. The first-order valence-electron chi connectivity index (χ1n) is 6.96. The molecule has 112 valence electrons. The minimum atomic E-state index is -0.242. The third-order valence-corrected chi connectivity index (χ3v) is 3.24. The van der Waals surface area contributed by atoms with Gasteiger partial charge in [0.2, 0.25) is 0 Å². The molecule has 0 aromatic heterocycles. The van der Waals surface area contributed by atoms with E-state index in [0.29, 0.717) is 18.7 Å². The maximum absolute atomic E-state index is 13.9. The van der Waals surface area contributed by atoms with E-state index in [-0.39, 0.29) is 5.82 Å². The molecule has 0 spiro atoms. The van der Waals surface area contributed by atoms with Crippen molar-refractivity contribution in [1.82, 2.24) is 4.90 Å². The number of ether oxygens (including phenoxy) is 1. The molecule has 0 bridgehead atoms. The molecule has 0 fully saturated rings. The molecule has 0 aliphatic carbocycles. The Bertz CT molecular complexity index is 582. The fourth-order valence-electron chi connectivity index (χ4n) is 2.00. The van der Waals surface area contributed by atoms with E-state index in [2.05, 4.69) is 4.90 Å². The lowest BCUT2D eigenvalue weighted by Gasteiger charge is -2.11. The fraction of sp³-hybridized carbons (Fsp3) is 0.294. The molecule has 21 heavy (non-hydrogen) atoms. The first-order chi connectivity index (χ1) is 10.1. The predicted molar refractivity (Wildman–Crippen MR) is 83.8 cm³/mol. The summed E-state index contributed by atoms with van der Waals surface area (Å²) >= 11 is 0. The summed E-state index contributed by atoms with van der Waals surface area (Å²) in [5.74, 6) is 0.546. The van der Waals surface area contributed by atoms with Crippen LogP contribution in [0.2, 0.25) is 0 Å². The Hall–Kier alpha value is -1.91. The summed E-state index contributed by atoms with van der Waals surface area (Å²) in [4.78, 5) is 2.06. The van der Waals surface area contributed by atoms with Crippen LogP contribution in [-0.4, -0.2) is 32.1 Å². The number of hydrogen-bond acceptors (Lipinski definition) is 3. The van der Waals surface area contributed by atoms with Gasteiger partial charge in [-0.1, -0.05) is 18.2 Å². The van der Waals surface area contributed by atoms with Gasteiger partial charge >= 0.3 is 0 Å². The Labute approximate surface area is 125 Å². The average molecular weight is 288 g/mol. The predicted octanol–water partition coefficient (Wildman–Crippen LogP) is 2.89. The van der Waals surface area contributed by atoms with Crippen LogP contribution < -0.4 is 10.5 Å². The van der Waals surface area contributed by atoms with E-state index < -0.39 is 0 Å². The topological polar surface area (TPSA) is 38.5 Å². The molecular formula is C17H21FN2O. The number of likely N-dealkylation sites (N-methyl/N-ethyl adjacent to an activating group) is 1. The summed E-state index contributed by atoms with van der Waals surface area (Å²) in [5, 5.41) is 0. The van der Waals surface area contributed by atoms with Crippen molar-refractivity contribution in [3.8, 4) is 16.9 Å². The lowest BCUT2D eigenvalue weighted by molar-refractivity contribution is 0.261. The standard InChI is InChI=1S/C17H21FN2O/c1-20(2)9-10-21-15-6-4-14(5-7-15)16-11-13(12-19)3-8-17(16)18/h3-8,11H,9-10,12,19H2,1-2H3. The van der Waals surface area contributed by atoms with Crippen LogP contribution in [0.25, 0.3) is 11.1 Å². The van der Waals surface area contributed by atoms with Gasteiger partial charge in [-0.15, -0.1) is 0 Å². The zero-order chi connectivity index (χ0) is 15.2. The number of hydrogen-bond donors (Lipinski definition) is 1. The van der Waals surface area contributed by atoms with Gasteiger partial charge in [-0.05, 0) is 49.5 Å². The maximum Gasteiger partial charge on any atom is 0.131 e. The minimum Gasteiger partial charge on any atom is -0.492 e. The van der Waals surface area contributed by atoms with E-state index in [1.54, 1.807) is 12.1 Å². The first-order valence-corrected chi connectivity index (χ1v) is 6.96. The Balaban J connectivity index is 2.11. The van der Waals surface area contributed by atoms with Crippen LogP contribution in [0, 0.1) is 5.82 Å². The lowest BCUT2D eigenvalue weighted by Crippen LogP contribution is -2.19. The van der Waals surface area contributed by atoms with E-state index in [1.807, 2.05) is 38.4 Å². The Morgan fingerprint density at radius 2 is 1.81 bits per heavy atom. The van der Waals surface area contributed by atoms with Crippen molar-refractivity contribution in [3.05, 3.63) is 53.8 Å². The number of benzene rings is 2. The van der Waals surface area contributed by atoms with E-state index in [0.717, 1.165) is 23.4 Å². The van der Waals surface area contributed by atoms with Crippen molar-refractivity contribution >= 4 is 0 Å². The van der Waals surface area contributed by atoms with E-state index >= 15 is 0 Å². The molecule has 3 nitrogen and oxygen atoms in total. The number of nitrogens with zero attached hydrogens (tertiary/aromatic N) is 1. The van der Waals surface area contributed by atoms with E-state index in [4.69, 9.17) is 10.5 Å². The van der Waals surface area contributed by atoms with Gasteiger partial charge in [-0.2, -0.15) is 0 Å². The van der Waals surface area contributed by atoms with Gasteiger partial charge < -0.3 is 15.4 Å². The fourth-order valence-corrected chi connectivity index (χ4v) is 2.00. The normalized spacial score (nSPS) is 10.9. The van der Waals surface area contributed by atoms with Crippen LogP contribution in [0.5, 0.6) is 5.75 Å². The van der Waals surface area contributed by atoms with Crippen molar-refractivity contribution in [2.24, 2.45) is 5.73 Å². The van der Waals surface area contributed by atoms with Crippen LogP contribution >= 0.6 is 0 Å². The third-order valence-electron chi connectivity index (χ3n) is 3.24. The third kappa shape index (κ3) is 4.28. The van der Waals surface area contributed by atoms with Gasteiger partial charge in [0.15, 0.2) is 0 Å². The molecule has 2 aromatic rings. The summed E-state index contributed by atoms with van der Waals surface area (Å²) in [5.41, 5.74) is 7.91. The van der Waals surface area contributed by atoms with Gasteiger partial charge in [0.05, 0.1) is 0 Å². The van der Waals surface area contributed by atoms with Crippen molar-refractivity contribution < 1.29 is 9.13 Å². The van der Waals surface area contributed by atoms with Crippen molar-refractivity contribution in [2.45, 2.75) is 6.54 Å². The highest BCUT2D eigenvalue weighted by Crippen LogP contribution is 2.26. The molecule has 0 radical (unpaired) electrons. The van der Waals surface area contributed by atoms with E-state index in [9.17, 15) is 4.39 Å². The Kier molecular flexibility index (Phi) is 5.31. The van der Waals surface area contributed by atoms with Gasteiger partial charge in [0, 0.05) is 18.7 Å². The SMILES string of the molecule is CN(C)CCOc1ccc(-c2cc(CN)ccc2F)cc1. The first kappa shape index (κ1) is 15.5. The Morgan fingerprint density at radius 1 is 1.10 bits per heavy atom. The quantitative estimate of drug-likeness (QED) is 0.888. The van der Waals surface area contributed by atoms with Crippen LogP contribution in [0.1, 0.15) is 5.56 Å². The molecule has 2 aromatic carbocycles. The molecule has 0 amide bonds. The second-order valence-corrected chi connectivity index (χ2v) is 5.19. The maximum atomic E-state index is 13.9. The summed E-state index contributed by atoms with van der Waals surface area (Å²) < 4.78 is 19.5. The highest BCUT2D eigenvalue weighted by molar-refractivity contribution is 5.65. The van der Waals surface area contributed by atoms with Gasteiger partial charge in [0.1, 0.15) is 18.2 Å². The second-order valence-electron chi connectivity index (χ2n) is 5.19. The molecule has 2 rings (SSSR count). The highest BCUT2D eigenvalue weighted by atomic mass is 19.1. The van der Waals surface area contributed by atoms with Crippen LogP contribution in [0.15, 0.2) is 42.5 Å². The zero-order valence-corrected chi connectivity index (χ0v) is 12.5. The molecule has 0 aliphatic rings. The molecule has 0 saturated heterocycles. The molecule has 0 saturated carbocycles. The second kappa shape index (κ2) is 7.20. The van der Waals surface area contributed by atoms with Crippen molar-refractivity contribution in [3.63, 3.8) is 0 Å². The van der Waals surface area contributed by atoms with Gasteiger partial charge in [0.25, 0.3) is 0 Å². The molecule has 0 heterocycles. The van der Waals surface area contributed by atoms with Crippen LogP contribution in [0.3, 0.4) is 0 Å². The monoisotopic (exact) mass is 288 g/mol. The van der Waals surface area contributed by atoms with Crippen LogP contribution in [0.4, 0.5) is 4.39 Å². The molecule has 0 unspecified atom stereocenters. The highest BCUT2D eigenvalue weighted by Gasteiger charge is 2.06. The largest absolute Gasteiger partial charge is 0.492 e. The smallest absolute Gasteiger partial charge is 0.131 e. The number of nitrogens with two attached hydrogens (primary N) is 1. The average Bonchev–Trinajstić information content (AvgIpc) is 2.48. The zero-order valence-electron chi connectivity index (χ0n) is 12.5. The molecular weight excluding hydrogens is 267 g/mol. The summed E-state index contributed by atoms with van der Waals surface area (Å²) in [6.07, 6.45) is 0. The molecule has 2 N–H and O–H groups in total. The van der Waals surface area contributed by atoms with Gasteiger partial charge in [-0.3, -0.25) is 0 Å². The summed E-state index contributed by atoms with van der Waals surface area (Å²) in [6, 6.07) is 12.4. The van der Waals surface area contributed by atoms with Crippen molar-refractivity contribution in [2.75, 3.05) is 27.2 Å². The molecule has 0 aliphatic heterocycles. The number of rotatable bonds is 6.